The fourth-order valence-corrected chi connectivity index (χ4v) is 4.72. The summed E-state index contributed by atoms with van der Waals surface area (Å²) >= 11 is 0. The van der Waals surface area contributed by atoms with Crippen LogP contribution in [-0.4, -0.2) is 31.0 Å². The molecule has 0 radical (unpaired) electrons. The summed E-state index contributed by atoms with van der Waals surface area (Å²) in [7, 11) is -2.67. The molecule has 162 valence electrons. The van der Waals surface area contributed by atoms with Crippen molar-refractivity contribution in [1.29, 1.82) is 0 Å². The molecule has 0 saturated heterocycles. The van der Waals surface area contributed by atoms with Crippen molar-refractivity contribution in [3.05, 3.63) is 58.4 Å². The first-order chi connectivity index (χ1) is 14.7. The van der Waals surface area contributed by atoms with Crippen LogP contribution in [0.25, 0.3) is 10.9 Å². The zero-order chi connectivity index (χ0) is 22.3. The molecule has 1 aliphatic rings. The van der Waals surface area contributed by atoms with Crippen LogP contribution in [0, 0.1) is 5.92 Å². The molecule has 1 aromatic heterocycles. The second kappa shape index (κ2) is 7.73. The Balaban J connectivity index is 1.95. The molecule has 4 rings (SSSR count). The van der Waals surface area contributed by atoms with Crippen molar-refractivity contribution in [2.24, 2.45) is 10.3 Å². The van der Waals surface area contributed by atoms with E-state index < -0.39 is 15.6 Å². The second-order valence-electron chi connectivity index (χ2n) is 7.78. The number of aromatic nitrogens is 1. The number of benzene rings is 2. The summed E-state index contributed by atoms with van der Waals surface area (Å²) in [5.41, 5.74) is 0.160. The van der Waals surface area contributed by atoms with Crippen molar-refractivity contribution >= 4 is 32.4 Å². The Hall–Kier alpha value is -3.33. The fourth-order valence-electron chi connectivity index (χ4n) is 3.59. The smallest absolute Gasteiger partial charge is 0.286 e. The lowest BCUT2D eigenvalue weighted by Crippen LogP contribution is -2.33. The molecule has 2 aromatic carbocycles. The highest BCUT2D eigenvalue weighted by atomic mass is 32.2. The summed E-state index contributed by atoms with van der Waals surface area (Å²) in [4.78, 5) is 13.3. The monoisotopic (exact) mass is 441 g/mol. The number of nitrogens with one attached hydrogen (secondary N) is 1. The van der Waals surface area contributed by atoms with Crippen molar-refractivity contribution in [2.45, 2.75) is 31.7 Å². The van der Waals surface area contributed by atoms with Crippen LogP contribution in [0.1, 0.15) is 25.8 Å². The number of ether oxygens (including phenoxy) is 1. The first kappa shape index (κ1) is 20.9. The number of anilines is 1. The van der Waals surface area contributed by atoms with Gasteiger partial charge >= 0.3 is 0 Å². The number of nitrogens with zero attached hydrogens (tertiary/aromatic N) is 2. The van der Waals surface area contributed by atoms with E-state index in [0.717, 1.165) is 6.42 Å². The highest BCUT2D eigenvalue weighted by Gasteiger charge is 2.30. The van der Waals surface area contributed by atoms with Gasteiger partial charge in [0.25, 0.3) is 15.6 Å². The van der Waals surface area contributed by atoms with Crippen LogP contribution in [0.5, 0.6) is 11.5 Å². The molecular formula is C22H23N3O5S. The van der Waals surface area contributed by atoms with Crippen LogP contribution < -0.4 is 15.6 Å². The molecule has 9 heteroatoms. The average Bonchev–Trinajstić information content (AvgIpc) is 2.73. The molecule has 0 atom stereocenters. The number of rotatable bonds is 5. The fraction of sp³-hybridized carbons (Fsp3) is 0.273. The number of amidine groups is 1. The van der Waals surface area contributed by atoms with Gasteiger partial charge in [0.2, 0.25) is 0 Å². The first-order valence-corrected chi connectivity index (χ1v) is 11.3. The Labute approximate surface area is 179 Å². The third-order valence-electron chi connectivity index (χ3n) is 5.24. The maximum Gasteiger partial charge on any atom is 0.286 e. The number of pyridine rings is 1. The van der Waals surface area contributed by atoms with Crippen LogP contribution >= 0.6 is 0 Å². The summed E-state index contributed by atoms with van der Waals surface area (Å²) in [6, 6.07) is 11.5. The number of aromatic hydroxyl groups is 1. The zero-order valence-electron chi connectivity index (χ0n) is 17.4. The summed E-state index contributed by atoms with van der Waals surface area (Å²) in [6.07, 6.45) is 0.745. The number of methoxy groups -OCH3 is 1. The molecule has 0 saturated carbocycles. The Morgan fingerprint density at radius 3 is 2.65 bits per heavy atom. The molecule has 0 spiro atoms. The van der Waals surface area contributed by atoms with E-state index in [-0.39, 0.29) is 27.7 Å². The van der Waals surface area contributed by atoms with Crippen LogP contribution in [0.15, 0.2) is 56.6 Å². The van der Waals surface area contributed by atoms with Crippen LogP contribution in [-0.2, 0) is 16.6 Å². The minimum Gasteiger partial charge on any atom is -0.506 e. The van der Waals surface area contributed by atoms with Crippen LogP contribution in [0.4, 0.5) is 5.69 Å². The van der Waals surface area contributed by atoms with E-state index in [4.69, 9.17) is 4.74 Å². The van der Waals surface area contributed by atoms with Gasteiger partial charge in [0, 0.05) is 18.0 Å². The molecule has 0 amide bonds. The van der Waals surface area contributed by atoms with Crippen molar-refractivity contribution in [2.75, 3.05) is 12.4 Å². The van der Waals surface area contributed by atoms with Gasteiger partial charge in [-0.1, -0.05) is 26.0 Å². The molecule has 2 N–H and O–H groups in total. The normalized spacial score (nSPS) is 14.8. The van der Waals surface area contributed by atoms with Crippen molar-refractivity contribution in [3.63, 3.8) is 0 Å². The summed E-state index contributed by atoms with van der Waals surface area (Å²) in [6.45, 7) is 4.54. The molecular weight excluding hydrogens is 418 g/mol. The molecule has 0 aliphatic carbocycles. The Morgan fingerprint density at radius 2 is 1.94 bits per heavy atom. The molecule has 0 unspecified atom stereocenters. The molecule has 31 heavy (non-hydrogen) atoms. The van der Waals surface area contributed by atoms with Gasteiger partial charge in [-0.15, -0.1) is 4.40 Å². The van der Waals surface area contributed by atoms with Gasteiger partial charge in [-0.05, 0) is 36.6 Å². The number of aryl methyl sites for hydroxylation is 1. The van der Waals surface area contributed by atoms with Crippen molar-refractivity contribution in [3.8, 4) is 11.5 Å². The largest absolute Gasteiger partial charge is 0.506 e. The van der Waals surface area contributed by atoms with Gasteiger partial charge < -0.3 is 19.7 Å². The highest BCUT2D eigenvalue weighted by Crippen LogP contribution is 2.34. The third kappa shape index (κ3) is 3.65. The van der Waals surface area contributed by atoms with E-state index in [1.807, 2.05) is 0 Å². The van der Waals surface area contributed by atoms with Crippen LogP contribution in [0.2, 0.25) is 0 Å². The maximum atomic E-state index is 13.4. The standard InChI is InChI=1S/C22H23N3O5S/c1-13(2)10-11-25-17-7-5-4-6-15(17)20(26)19(22(25)27)21-23-16-9-8-14(30-3)12-18(16)31(28,29)24-21/h4-9,12-13,26H,10-11H2,1-3H3,(H,23,24). The second-order valence-corrected chi connectivity index (χ2v) is 9.35. The number of para-hydroxylation sites is 1. The number of hydrogen-bond donors (Lipinski definition) is 2. The number of sulfonamides is 1. The van der Waals surface area contributed by atoms with Crippen molar-refractivity contribution < 1.29 is 18.3 Å². The molecule has 8 nitrogen and oxygen atoms in total. The SMILES string of the molecule is COc1ccc2c(c1)S(=O)(=O)N=C(c1c(O)c3ccccc3n(CCC(C)C)c1=O)N2. The molecule has 2 heterocycles. The lowest BCUT2D eigenvalue weighted by Gasteiger charge is -2.21. The van der Waals surface area contributed by atoms with Gasteiger partial charge in [-0.3, -0.25) is 4.79 Å². The quantitative estimate of drug-likeness (QED) is 0.629. The Morgan fingerprint density at radius 1 is 1.19 bits per heavy atom. The van der Waals surface area contributed by atoms with E-state index in [0.29, 0.717) is 29.1 Å². The van der Waals surface area contributed by atoms with Gasteiger partial charge in [-0.2, -0.15) is 8.42 Å². The summed E-state index contributed by atoms with van der Waals surface area (Å²) in [5.74, 6) is 0.215. The zero-order valence-corrected chi connectivity index (χ0v) is 18.2. The summed E-state index contributed by atoms with van der Waals surface area (Å²) in [5, 5.41) is 14.3. The van der Waals surface area contributed by atoms with E-state index >= 15 is 0 Å². The molecule has 0 bridgehead atoms. The van der Waals surface area contributed by atoms with Gasteiger partial charge in [0.15, 0.2) is 5.84 Å². The van der Waals surface area contributed by atoms with Gasteiger partial charge in [-0.25, -0.2) is 0 Å². The van der Waals surface area contributed by atoms with E-state index in [1.54, 1.807) is 34.9 Å². The Bertz CT molecular complexity index is 1370. The van der Waals surface area contributed by atoms with E-state index in [1.165, 1.54) is 19.2 Å². The molecule has 3 aromatic rings. The third-order valence-corrected chi connectivity index (χ3v) is 6.56. The Kier molecular flexibility index (Phi) is 5.22. The molecule has 1 aliphatic heterocycles. The minimum absolute atomic E-state index is 0.0592. The van der Waals surface area contributed by atoms with Crippen molar-refractivity contribution in [1.82, 2.24) is 4.57 Å². The minimum atomic E-state index is -4.11. The highest BCUT2D eigenvalue weighted by molar-refractivity contribution is 7.90. The predicted molar refractivity (Wildman–Crippen MR) is 120 cm³/mol. The van der Waals surface area contributed by atoms with Crippen LogP contribution in [0.3, 0.4) is 0 Å². The topological polar surface area (TPSA) is 110 Å². The maximum absolute atomic E-state index is 13.4. The van der Waals surface area contributed by atoms with Gasteiger partial charge in [0.1, 0.15) is 22.0 Å². The lowest BCUT2D eigenvalue weighted by molar-refractivity contribution is 0.413. The molecule has 0 fully saturated rings. The van der Waals surface area contributed by atoms with E-state index in [9.17, 15) is 18.3 Å². The number of hydrogen-bond acceptors (Lipinski definition) is 6. The average molecular weight is 442 g/mol. The number of fused-ring (bicyclic) bond motifs is 2. The summed E-state index contributed by atoms with van der Waals surface area (Å²) < 4.78 is 36.1. The lowest BCUT2D eigenvalue weighted by atomic mass is 10.1. The first-order valence-electron chi connectivity index (χ1n) is 9.88. The van der Waals surface area contributed by atoms with E-state index in [2.05, 4.69) is 23.6 Å². The predicted octanol–water partition coefficient (Wildman–Crippen LogP) is 3.32. The van der Waals surface area contributed by atoms with Gasteiger partial charge in [0.05, 0.1) is 18.3 Å².